The van der Waals surface area contributed by atoms with Gasteiger partial charge in [0.05, 0.1) is 0 Å². The highest BCUT2D eigenvalue weighted by Crippen LogP contribution is 2.54. The van der Waals surface area contributed by atoms with E-state index >= 15 is 0 Å². The van der Waals surface area contributed by atoms with Crippen LogP contribution in [0.2, 0.25) is 0 Å². The van der Waals surface area contributed by atoms with Gasteiger partial charge in [0.15, 0.2) is 0 Å². The predicted molar refractivity (Wildman–Crippen MR) is 245 cm³/mol. The van der Waals surface area contributed by atoms with Crippen LogP contribution >= 0.6 is 0 Å². The first kappa shape index (κ1) is 52.7. The van der Waals surface area contributed by atoms with Crippen LogP contribution in [-0.2, 0) is 4.79 Å². The van der Waals surface area contributed by atoms with E-state index in [0.717, 1.165) is 30.1 Å². The molecule has 0 N–H and O–H groups in total. The second kappa shape index (κ2) is 34.1. The van der Waals surface area contributed by atoms with Gasteiger partial charge in [-0.2, -0.15) is 0 Å². The number of fused-ring (bicyclic) bond motifs is 2. The van der Waals surface area contributed by atoms with E-state index in [2.05, 4.69) is 187 Å². The van der Waals surface area contributed by atoms with E-state index in [9.17, 15) is 4.79 Å². The Labute approximate surface area is 357 Å². The van der Waals surface area contributed by atoms with E-state index in [4.69, 9.17) is 12.8 Å². The minimum atomic E-state index is 0. The number of ketones is 1. The molecule has 0 saturated heterocycles. The molecule has 4 aliphatic carbocycles. The average Bonchev–Trinajstić information content (AvgIpc) is 3.80. The lowest BCUT2D eigenvalue weighted by molar-refractivity contribution is -0.128. The molecule has 0 aliphatic heterocycles. The van der Waals surface area contributed by atoms with Crippen molar-refractivity contribution in [3.05, 3.63) is 12.8 Å². The Morgan fingerprint density at radius 1 is 0.466 bits per heavy atom. The predicted octanol–water partition coefficient (Wildman–Crippen LogP) is 9.16. The Balaban J connectivity index is -0.000000346. The molecule has 0 aromatic carbocycles. The van der Waals surface area contributed by atoms with Gasteiger partial charge in [-0.3, -0.25) is 16.6 Å². The van der Waals surface area contributed by atoms with Crippen LogP contribution in [0, 0.1) is 219 Å². The highest BCUT2D eigenvalue weighted by molar-refractivity contribution is 5.82. The summed E-state index contributed by atoms with van der Waals surface area (Å²) in [6.07, 6.45) is 29.1. The summed E-state index contributed by atoms with van der Waals surface area (Å²) in [4.78, 5) is 11.5. The summed E-state index contributed by atoms with van der Waals surface area (Å²) in [5.74, 6) is 75.8. The molecule has 4 rings (SSSR count). The fraction of sp³-hybridized carbons (Fsp3) is 0.421. The summed E-state index contributed by atoms with van der Waals surface area (Å²) < 4.78 is 0. The van der Waals surface area contributed by atoms with Crippen LogP contribution < -0.4 is 0 Å². The zero-order valence-electron chi connectivity index (χ0n) is 33.1. The summed E-state index contributed by atoms with van der Waals surface area (Å²) in [5.41, 5.74) is 1.17. The molecule has 4 aliphatic rings. The molecule has 1 heteroatoms. The lowest BCUT2D eigenvalue weighted by Gasteiger charge is -2.40. The molecular weight excluding hydrogens is 701 g/mol. The molecule has 58 heavy (non-hydrogen) atoms. The quantitative estimate of drug-likeness (QED) is 0.178. The first-order valence-electron chi connectivity index (χ1n) is 18.5. The maximum atomic E-state index is 11.5. The molecule has 0 bridgehead atoms. The zero-order valence-corrected chi connectivity index (χ0v) is 33.1. The SMILES string of the molecule is C.C.CC1CCC[C@]2(C)CCC[C@@H]12.C[C@]12CCCC(=O)[C@@H]1CCC2.[2HH].[2HH].[C-]#CC#CC#CC#CC#CC#CC#CC#CC.[C-]#CC#CC#CC#CC#CC#CC#CC#CC. The average molecular weight is 757 g/mol. The van der Waals surface area contributed by atoms with E-state index in [1.54, 1.807) is 13.8 Å². The highest BCUT2D eigenvalue weighted by Gasteiger charge is 2.44. The molecule has 0 aromatic heterocycles. The van der Waals surface area contributed by atoms with E-state index in [1.807, 2.05) is 11.8 Å². The van der Waals surface area contributed by atoms with Crippen LogP contribution in [0.5, 0.6) is 0 Å². The van der Waals surface area contributed by atoms with Gasteiger partial charge in [0.1, 0.15) is 5.78 Å². The van der Waals surface area contributed by atoms with E-state index in [1.165, 1.54) is 64.2 Å². The van der Waals surface area contributed by atoms with Crippen molar-refractivity contribution in [3.63, 3.8) is 0 Å². The summed E-state index contributed by atoms with van der Waals surface area (Å²) in [6, 6.07) is 0. The third-order valence-corrected chi connectivity index (χ3v) is 9.77. The van der Waals surface area contributed by atoms with Crippen molar-refractivity contribution in [1.82, 2.24) is 0 Å². The fourth-order valence-electron chi connectivity index (χ4n) is 7.37. The molecule has 0 heterocycles. The Morgan fingerprint density at radius 2 is 0.776 bits per heavy atom. The largest absolute Gasteiger partial charge is 0.358 e. The van der Waals surface area contributed by atoms with E-state index < -0.39 is 0 Å². The second-order valence-electron chi connectivity index (χ2n) is 13.4. The zero-order chi connectivity index (χ0) is 41.0. The van der Waals surface area contributed by atoms with Gasteiger partial charge in [-0.05, 0) is 212 Å². The Kier molecular flexibility index (Phi) is 31.0. The van der Waals surface area contributed by atoms with Crippen molar-refractivity contribution in [1.29, 1.82) is 0 Å². The first-order chi connectivity index (χ1) is 27.3. The third-order valence-electron chi connectivity index (χ3n) is 9.77. The lowest BCUT2D eigenvalue weighted by Crippen LogP contribution is -2.32. The monoisotopic (exact) mass is 756 g/mol. The molecule has 4 fully saturated rings. The van der Waals surface area contributed by atoms with Crippen LogP contribution in [0.1, 0.15) is 129 Å². The number of hydrogen-bond acceptors (Lipinski definition) is 1. The molecule has 5 atom stereocenters. The highest BCUT2D eigenvalue weighted by atomic mass is 16.1. The van der Waals surface area contributed by atoms with E-state index in [-0.39, 0.29) is 17.7 Å². The van der Waals surface area contributed by atoms with Crippen LogP contribution in [0.3, 0.4) is 0 Å². The van der Waals surface area contributed by atoms with E-state index in [0.29, 0.717) is 17.1 Å². The van der Waals surface area contributed by atoms with Gasteiger partial charge < -0.3 is 12.8 Å². The summed E-state index contributed by atoms with van der Waals surface area (Å²) in [7, 11) is 0. The van der Waals surface area contributed by atoms with Crippen molar-refractivity contribution in [2.24, 2.45) is 28.6 Å². The molecule has 1 nitrogen and oxygen atoms in total. The summed E-state index contributed by atoms with van der Waals surface area (Å²) in [5, 5.41) is 0. The molecule has 0 spiro atoms. The number of carbonyl (C=O) groups excluding carboxylic acids is 1. The molecule has 4 saturated carbocycles. The molecule has 0 amide bonds. The fourth-order valence-corrected chi connectivity index (χ4v) is 7.37. The molecule has 290 valence electrons. The molecule has 1 unspecified atom stereocenters. The van der Waals surface area contributed by atoms with Gasteiger partial charge in [-0.1, -0.05) is 73.1 Å². The Hall–Kier alpha value is -7.37. The van der Waals surface area contributed by atoms with Crippen LogP contribution in [0.4, 0.5) is 0 Å². The number of carbonyl (C=O) groups is 1. The number of Topliss-reactive ketones (excluding diaryl/α,β-unsaturated/α-hetero) is 1. The van der Waals surface area contributed by atoms with Gasteiger partial charge in [-0.25, -0.2) is 11.8 Å². The maximum absolute atomic E-state index is 11.5. The number of hydrogen-bond donors (Lipinski definition) is 0. The van der Waals surface area contributed by atoms with Crippen molar-refractivity contribution in [2.45, 2.75) is 127 Å². The van der Waals surface area contributed by atoms with Gasteiger partial charge in [0, 0.05) is 15.2 Å². The summed E-state index contributed by atoms with van der Waals surface area (Å²) in [6.45, 7) is 10.7. The van der Waals surface area contributed by atoms with Crippen molar-refractivity contribution in [3.8, 4) is 178 Å². The minimum Gasteiger partial charge on any atom is -0.358 e. The molecule has 0 aromatic rings. The van der Waals surface area contributed by atoms with Crippen molar-refractivity contribution >= 4 is 5.78 Å². The number of rotatable bonds is 0. The minimum absolute atomic E-state index is 0. The smallest absolute Gasteiger partial charge is 0.136 e. The van der Waals surface area contributed by atoms with Crippen molar-refractivity contribution < 1.29 is 7.65 Å². The Morgan fingerprint density at radius 3 is 1.12 bits per heavy atom. The molecule has 0 radical (unpaired) electrons. The normalized spacial score (nSPS) is 20.2. The van der Waals surface area contributed by atoms with Crippen LogP contribution in [-0.4, -0.2) is 5.78 Å². The lowest BCUT2D eigenvalue weighted by atomic mass is 9.65. The third kappa shape index (κ3) is 23.4. The van der Waals surface area contributed by atoms with Crippen molar-refractivity contribution in [2.75, 3.05) is 0 Å². The standard InChI is InChI=1S/2C17H3.C11H20.C10H16O.2CH4.2H2/c2*1-3-5-7-9-11-13-15-17-16-14-12-10-8-6-4-2;1-9-5-3-7-11(2)8-4-6-10(9)11;1-10-6-2-4-8(10)9(11)5-3-7-10;;;;/h2*1H3;9-10H,3-8H2,1-2H3;8H,2-7H2,1H3;2*1H4;2*1H/q2*-1;;;;;;/t;;9?,10-,11+;8-,10-;;;;/m..00..../s1/i;;;;;;2*1+1. The first-order valence-corrected chi connectivity index (χ1v) is 18.5. The van der Waals surface area contributed by atoms with Gasteiger partial charge >= 0.3 is 0 Å². The molecular formula is C57H54O-2. The Bertz CT molecular complexity index is 2300. The van der Waals surface area contributed by atoms with Gasteiger partial charge in [0.25, 0.3) is 0 Å². The van der Waals surface area contributed by atoms with Crippen LogP contribution in [0.15, 0.2) is 0 Å². The van der Waals surface area contributed by atoms with Crippen LogP contribution in [0.25, 0.3) is 0 Å². The van der Waals surface area contributed by atoms with Gasteiger partial charge in [0.2, 0.25) is 0 Å². The maximum Gasteiger partial charge on any atom is 0.136 e. The second-order valence-corrected chi connectivity index (χ2v) is 13.4. The topological polar surface area (TPSA) is 17.1 Å². The van der Waals surface area contributed by atoms with Gasteiger partial charge in [-0.15, -0.1) is 11.8 Å². The summed E-state index contributed by atoms with van der Waals surface area (Å²) >= 11 is 0.